The first kappa shape index (κ1) is 39.8. The van der Waals surface area contributed by atoms with E-state index in [-0.39, 0.29) is 22.9 Å². The van der Waals surface area contributed by atoms with Crippen LogP contribution in [-0.4, -0.2) is 43.2 Å². The van der Waals surface area contributed by atoms with Crippen LogP contribution in [0.1, 0.15) is 28.6 Å². The summed E-state index contributed by atoms with van der Waals surface area (Å²) in [7, 11) is 0.374. The topological polar surface area (TPSA) is 135 Å². The molecule has 0 saturated carbocycles. The molecule has 0 amide bonds. The second-order valence-electron chi connectivity index (χ2n) is 16.1. The van der Waals surface area contributed by atoms with Crippen molar-refractivity contribution in [2.75, 3.05) is 0 Å². The molecule has 0 N–H and O–H groups in total. The van der Waals surface area contributed by atoms with Crippen molar-refractivity contribution >= 4 is 75.0 Å². The second kappa shape index (κ2) is 16.9. The number of pyridine rings is 2. The van der Waals surface area contributed by atoms with Gasteiger partial charge in [0, 0.05) is 46.5 Å². The maximum atomic E-state index is 11.8. The molecule has 310 valence electrons. The molecular formula is C54H36B2N8O2. The first-order chi connectivity index (χ1) is 32.6. The lowest BCUT2D eigenvalue weighted by atomic mass is 9.50. The summed E-state index contributed by atoms with van der Waals surface area (Å²) < 4.78 is 17.4. The largest absolute Gasteiger partial charge is 0.417 e. The monoisotopic (exact) mass is 850 g/mol. The molecule has 0 saturated heterocycles. The average Bonchev–Trinajstić information content (AvgIpc) is 4.14. The fourth-order valence-electron chi connectivity index (χ4n) is 9.20. The predicted octanol–water partition coefficient (Wildman–Crippen LogP) is 6.71. The van der Waals surface area contributed by atoms with Gasteiger partial charge in [0.2, 0.25) is 23.2 Å². The van der Waals surface area contributed by atoms with E-state index in [1.165, 1.54) is 0 Å². The summed E-state index contributed by atoms with van der Waals surface area (Å²) in [5, 5.41) is 26.1. The number of oxazole rings is 2. The molecule has 0 bridgehead atoms. The number of rotatable bonds is 10. The highest BCUT2D eigenvalue weighted by Gasteiger charge is 2.35. The summed E-state index contributed by atoms with van der Waals surface area (Å²) in [6.07, 6.45) is 3.72. The number of benzene rings is 5. The van der Waals surface area contributed by atoms with Gasteiger partial charge in [-0.15, -0.1) is 0 Å². The maximum absolute atomic E-state index is 11.8. The van der Waals surface area contributed by atoms with Gasteiger partial charge in [0.25, 0.3) is 7.41 Å². The van der Waals surface area contributed by atoms with Crippen LogP contribution in [0, 0.1) is 29.6 Å². The molecule has 0 atom stereocenters. The first-order valence-electron chi connectivity index (χ1n) is 21.6. The Kier molecular flexibility index (Phi) is 10.2. The van der Waals surface area contributed by atoms with Crippen LogP contribution >= 0.6 is 0 Å². The summed E-state index contributed by atoms with van der Waals surface area (Å²) in [6, 6.07) is 61.8. The van der Waals surface area contributed by atoms with Gasteiger partial charge in [-0.3, -0.25) is 0 Å². The van der Waals surface area contributed by atoms with E-state index >= 15 is 0 Å². The number of nitrogens with zero attached hydrogens (tertiary/aromatic N) is 8. The van der Waals surface area contributed by atoms with Gasteiger partial charge in [-0.2, -0.15) is 10.5 Å². The molecular weight excluding hydrogens is 814 g/mol. The molecule has 10 nitrogen and oxygen atoms in total. The molecule has 12 heteroatoms. The highest BCUT2D eigenvalue weighted by Crippen LogP contribution is 2.34. The number of hydrogen-bond acceptors (Lipinski definition) is 8. The van der Waals surface area contributed by atoms with Crippen LogP contribution in [0.25, 0.3) is 55.6 Å². The molecule has 66 heavy (non-hydrogen) atoms. The van der Waals surface area contributed by atoms with Crippen molar-refractivity contribution in [3.8, 4) is 23.4 Å². The van der Waals surface area contributed by atoms with Gasteiger partial charge in [0.05, 0.1) is 10.7 Å². The number of hydrogen-bond donors (Lipinski definition) is 0. The van der Waals surface area contributed by atoms with Crippen LogP contribution < -0.4 is 27.1 Å². The summed E-state index contributed by atoms with van der Waals surface area (Å²) in [5.41, 5.74) is 9.64. The molecule has 0 aliphatic heterocycles. The number of fused-ring (bicyclic) bond motifs is 3. The highest BCUT2D eigenvalue weighted by molar-refractivity contribution is 6.84. The predicted molar refractivity (Wildman–Crippen MR) is 260 cm³/mol. The normalized spacial score (nSPS) is 12.2. The van der Waals surface area contributed by atoms with Crippen molar-refractivity contribution in [3.05, 3.63) is 222 Å². The maximum Gasteiger partial charge on any atom is 0.328 e. The van der Waals surface area contributed by atoms with Crippen molar-refractivity contribution in [1.82, 2.24) is 28.9 Å². The van der Waals surface area contributed by atoms with E-state index in [4.69, 9.17) is 18.8 Å². The van der Waals surface area contributed by atoms with Gasteiger partial charge in [-0.05, 0) is 42.3 Å². The molecule has 0 spiro atoms. The Morgan fingerprint density at radius 2 is 1.11 bits per heavy atom. The third-order valence-electron chi connectivity index (χ3n) is 12.1. The summed E-state index contributed by atoms with van der Waals surface area (Å²) in [5.74, 6) is 0.258. The molecule has 11 aromatic rings. The molecule has 0 aliphatic rings. The lowest BCUT2D eigenvalue weighted by molar-refractivity contribution is 0.574. The van der Waals surface area contributed by atoms with Gasteiger partial charge in [-0.1, -0.05) is 162 Å². The second-order valence-corrected chi connectivity index (χ2v) is 16.1. The quantitative estimate of drug-likeness (QED) is 0.139. The van der Waals surface area contributed by atoms with Gasteiger partial charge in [0.1, 0.15) is 34.3 Å². The zero-order valence-electron chi connectivity index (χ0n) is 35.7. The van der Waals surface area contributed by atoms with Crippen molar-refractivity contribution in [2.24, 2.45) is 0 Å². The Morgan fingerprint density at radius 3 is 1.65 bits per heavy atom. The summed E-state index contributed by atoms with van der Waals surface area (Å²) in [6.45, 7) is 1.58. The molecule has 6 aromatic heterocycles. The number of nitriles is 2. The van der Waals surface area contributed by atoms with E-state index < -0.39 is 6.85 Å². The lowest BCUT2D eigenvalue weighted by Gasteiger charge is -2.23. The zero-order chi connectivity index (χ0) is 44.6. The Labute approximate surface area is 380 Å². The zero-order valence-corrected chi connectivity index (χ0v) is 35.7. The minimum absolute atomic E-state index is 0.126. The fraction of sp³-hybridized carbons (Fsp3) is 0.0370. The number of aryl methyl sites for hydroxylation is 1. The van der Waals surface area contributed by atoms with Crippen LogP contribution in [0.5, 0.6) is 0 Å². The summed E-state index contributed by atoms with van der Waals surface area (Å²) >= 11 is 0. The average molecular weight is 851 g/mol. The van der Waals surface area contributed by atoms with Gasteiger partial charge in [-0.25, -0.2) is 19.9 Å². The van der Waals surface area contributed by atoms with E-state index in [2.05, 4.69) is 98.7 Å². The van der Waals surface area contributed by atoms with E-state index in [0.29, 0.717) is 47.0 Å². The fourth-order valence-corrected chi connectivity index (χ4v) is 9.20. The Bertz CT molecular complexity index is 3710. The van der Waals surface area contributed by atoms with Gasteiger partial charge < -0.3 is 17.8 Å². The van der Waals surface area contributed by atoms with Gasteiger partial charge in [0.15, 0.2) is 0 Å². The first-order valence-corrected chi connectivity index (χ1v) is 21.6. The van der Waals surface area contributed by atoms with Crippen molar-refractivity contribution in [3.63, 3.8) is 0 Å². The van der Waals surface area contributed by atoms with Crippen LogP contribution in [-0.2, 0) is 6.42 Å². The molecule has 0 radical (unpaired) electrons. The third kappa shape index (κ3) is 6.94. The van der Waals surface area contributed by atoms with Crippen LogP contribution in [0.3, 0.4) is 0 Å². The van der Waals surface area contributed by atoms with Crippen molar-refractivity contribution < 1.29 is 8.83 Å². The van der Waals surface area contributed by atoms with Crippen LogP contribution in [0.2, 0.25) is 0 Å². The van der Waals surface area contributed by atoms with Crippen molar-refractivity contribution in [2.45, 2.75) is 13.3 Å². The van der Waals surface area contributed by atoms with E-state index in [1.807, 2.05) is 97.1 Å². The molecule has 0 fully saturated rings. The minimum atomic E-state index is -0.505. The van der Waals surface area contributed by atoms with Crippen LogP contribution in [0.15, 0.2) is 191 Å². The molecule has 0 unspecified atom stereocenters. The van der Waals surface area contributed by atoms with Gasteiger partial charge >= 0.3 is 6.85 Å². The molecule has 0 aliphatic carbocycles. The minimum Gasteiger partial charge on any atom is -0.417 e. The smallest absolute Gasteiger partial charge is 0.328 e. The molecule has 11 rings (SSSR count). The van der Waals surface area contributed by atoms with E-state index in [0.717, 1.165) is 55.2 Å². The molecule has 5 aromatic carbocycles. The lowest BCUT2D eigenvalue weighted by Crippen LogP contribution is -2.53. The SMILES string of the molecule is Cc1ccccc1-c1c2/c(=C(\C#N)c3nc4cccnc4o3)n(Bc3ccccc3)c(Cc3ccccc3)c2/c(=C(\C#N)c2nc3cccnc3o2)n1B(c1ccccc1)c1ccccc1. The van der Waals surface area contributed by atoms with Crippen LogP contribution in [0.4, 0.5) is 0 Å². The molecule has 6 heterocycles. The third-order valence-corrected chi connectivity index (χ3v) is 12.1. The van der Waals surface area contributed by atoms with E-state index in [9.17, 15) is 10.5 Å². The highest BCUT2D eigenvalue weighted by atomic mass is 16.4. The van der Waals surface area contributed by atoms with Crippen molar-refractivity contribution in [1.29, 1.82) is 10.5 Å². The Hall–Kier alpha value is -8.99. The number of aromatic nitrogens is 6. The van der Waals surface area contributed by atoms with E-state index in [1.54, 1.807) is 24.5 Å². The standard InChI is InChI=1S/C54H36B2N8O2/c1-35-18-14-15-27-40(35)49-47-46(50(42(34-58)52-62-44-29-17-31-60-54(44)66-52)64(49)56(38-23-10-4-11-24-38)39-25-12-5-13-26-39)45(32-36-19-6-2-7-20-36)63(55-37-21-8-3-9-22-37)48(47)41(33-57)51-61-43-28-16-30-59-53(43)65-51/h2-31,55H,32H2,1H3/b48-41-,50-42-. The Balaban J connectivity index is 1.47. The Morgan fingerprint density at radius 1 is 0.591 bits per heavy atom. The summed E-state index contributed by atoms with van der Waals surface area (Å²) in [4.78, 5) is 18.8.